The van der Waals surface area contributed by atoms with E-state index in [9.17, 15) is 19.9 Å². The molecule has 2 amide bonds. The van der Waals surface area contributed by atoms with Gasteiger partial charge in [0.1, 0.15) is 11.6 Å². The summed E-state index contributed by atoms with van der Waals surface area (Å²) in [6, 6.07) is 9.41. The van der Waals surface area contributed by atoms with Gasteiger partial charge in [0.05, 0.1) is 5.60 Å². The van der Waals surface area contributed by atoms with Crippen molar-refractivity contribution in [2.45, 2.75) is 45.8 Å². The lowest BCUT2D eigenvalue weighted by Gasteiger charge is -2.51. The summed E-state index contributed by atoms with van der Waals surface area (Å²) in [5.74, 6) is -0.837. The number of pyridine rings is 1. The van der Waals surface area contributed by atoms with Gasteiger partial charge in [-0.3, -0.25) is 9.59 Å². The number of aliphatic hydroxyl groups is 1. The fraction of sp³-hybridized carbons (Fsp3) is 0.458. The molecule has 1 aromatic heterocycles. The standard InChI is InChI=1S/C24H30ClN3O4/c1-16(2)20(26-21(29)17-6-5-12-28(32)14-17)22(30)27-13-11-24(31,23(3,4)15-27)18-7-9-19(25)10-8-18/h5-10,12,14,16,20,31H,11,13,15H2,1-4H3,(H,26,29)/t20-,24+/m1/s1. The van der Waals surface area contributed by atoms with Crippen LogP contribution in [0.3, 0.4) is 0 Å². The van der Waals surface area contributed by atoms with Crippen molar-refractivity contribution in [2.75, 3.05) is 13.1 Å². The molecule has 0 unspecified atom stereocenters. The number of carbonyl (C=O) groups excluding carboxylic acids is 2. The Morgan fingerprint density at radius 3 is 2.44 bits per heavy atom. The van der Waals surface area contributed by atoms with E-state index in [-0.39, 0.29) is 17.4 Å². The molecule has 7 nitrogen and oxygen atoms in total. The van der Waals surface area contributed by atoms with Crippen molar-refractivity contribution in [2.24, 2.45) is 11.3 Å². The van der Waals surface area contributed by atoms with Crippen molar-refractivity contribution < 1.29 is 19.4 Å². The summed E-state index contributed by atoms with van der Waals surface area (Å²) >= 11 is 6.00. The molecule has 2 heterocycles. The maximum absolute atomic E-state index is 13.4. The zero-order valence-electron chi connectivity index (χ0n) is 18.8. The van der Waals surface area contributed by atoms with Crippen LogP contribution in [0.15, 0.2) is 48.8 Å². The summed E-state index contributed by atoms with van der Waals surface area (Å²) in [4.78, 5) is 27.8. The van der Waals surface area contributed by atoms with E-state index in [1.54, 1.807) is 17.0 Å². The first-order chi connectivity index (χ1) is 14.9. The SMILES string of the molecule is CC(C)[C@@H](NC(=O)c1ccc[n+]([O-])c1)C(=O)N1CC[C@](O)(c2ccc(Cl)cc2)C(C)(C)C1. The number of piperidine rings is 1. The van der Waals surface area contributed by atoms with E-state index in [2.05, 4.69) is 5.32 Å². The average molecular weight is 460 g/mol. The summed E-state index contributed by atoms with van der Waals surface area (Å²) in [7, 11) is 0. The Balaban J connectivity index is 1.77. The van der Waals surface area contributed by atoms with Crippen molar-refractivity contribution in [3.8, 4) is 0 Å². The summed E-state index contributed by atoms with van der Waals surface area (Å²) < 4.78 is 0.547. The first-order valence-electron chi connectivity index (χ1n) is 10.7. The van der Waals surface area contributed by atoms with E-state index in [0.717, 1.165) is 5.56 Å². The van der Waals surface area contributed by atoms with Gasteiger partial charge in [-0.25, -0.2) is 0 Å². The van der Waals surface area contributed by atoms with Crippen LogP contribution in [0.2, 0.25) is 5.02 Å². The van der Waals surface area contributed by atoms with Gasteiger partial charge in [0, 0.05) is 29.6 Å². The fourth-order valence-corrected chi connectivity index (χ4v) is 4.42. The number of hydrogen-bond acceptors (Lipinski definition) is 4. The van der Waals surface area contributed by atoms with E-state index in [1.807, 2.05) is 39.8 Å². The topological polar surface area (TPSA) is 96.6 Å². The maximum atomic E-state index is 13.4. The van der Waals surface area contributed by atoms with Gasteiger partial charge in [-0.1, -0.05) is 51.4 Å². The minimum Gasteiger partial charge on any atom is -0.619 e. The highest BCUT2D eigenvalue weighted by Gasteiger charge is 2.50. The number of rotatable bonds is 5. The summed E-state index contributed by atoms with van der Waals surface area (Å²) in [5.41, 5.74) is -0.787. The van der Waals surface area contributed by atoms with Crippen LogP contribution in [0.5, 0.6) is 0 Å². The molecule has 2 N–H and O–H groups in total. The Labute approximate surface area is 193 Å². The number of aromatic nitrogens is 1. The van der Waals surface area contributed by atoms with E-state index < -0.39 is 23.0 Å². The molecule has 1 saturated heterocycles. The molecular formula is C24H30ClN3O4. The zero-order chi connectivity index (χ0) is 23.7. The summed E-state index contributed by atoms with van der Waals surface area (Å²) in [6.07, 6.45) is 2.83. The van der Waals surface area contributed by atoms with Gasteiger partial charge >= 0.3 is 0 Å². The van der Waals surface area contributed by atoms with Crippen LogP contribution in [-0.2, 0) is 10.4 Å². The molecular weight excluding hydrogens is 430 g/mol. The van der Waals surface area contributed by atoms with E-state index in [0.29, 0.717) is 29.3 Å². The average Bonchev–Trinajstić information content (AvgIpc) is 2.73. The number of halogens is 1. The molecule has 0 spiro atoms. The normalized spacial score (nSPS) is 21.3. The molecule has 8 heteroatoms. The minimum atomic E-state index is -1.11. The number of carbonyl (C=O) groups is 2. The van der Waals surface area contributed by atoms with Gasteiger partial charge in [0.2, 0.25) is 5.91 Å². The number of amides is 2. The molecule has 2 aromatic rings. The Morgan fingerprint density at radius 1 is 1.22 bits per heavy atom. The van der Waals surface area contributed by atoms with Gasteiger partial charge in [0.25, 0.3) is 5.91 Å². The van der Waals surface area contributed by atoms with E-state index in [1.165, 1.54) is 24.5 Å². The maximum Gasteiger partial charge on any atom is 0.258 e. The van der Waals surface area contributed by atoms with E-state index in [4.69, 9.17) is 11.6 Å². The predicted octanol–water partition coefficient (Wildman–Crippen LogP) is 2.87. The predicted molar refractivity (Wildman–Crippen MR) is 122 cm³/mol. The van der Waals surface area contributed by atoms with Crippen molar-refractivity contribution in [3.63, 3.8) is 0 Å². The second-order valence-corrected chi connectivity index (χ2v) is 9.84. The molecule has 0 saturated carbocycles. The van der Waals surface area contributed by atoms with Crippen LogP contribution < -0.4 is 10.0 Å². The smallest absolute Gasteiger partial charge is 0.258 e. The molecule has 0 radical (unpaired) electrons. The van der Waals surface area contributed by atoms with Crippen molar-refractivity contribution in [1.82, 2.24) is 10.2 Å². The molecule has 0 bridgehead atoms. The monoisotopic (exact) mass is 459 g/mol. The van der Waals surface area contributed by atoms with Crippen LogP contribution in [0.25, 0.3) is 0 Å². The van der Waals surface area contributed by atoms with Gasteiger partial charge in [-0.15, -0.1) is 0 Å². The van der Waals surface area contributed by atoms with Gasteiger partial charge < -0.3 is 20.5 Å². The Bertz CT molecular complexity index is 993. The Morgan fingerprint density at radius 2 is 1.88 bits per heavy atom. The van der Waals surface area contributed by atoms with Crippen molar-refractivity contribution in [3.05, 3.63) is 70.1 Å². The van der Waals surface area contributed by atoms with Crippen LogP contribution in [-0.4, -0.2) is 41.0 Å². The molecule has 3 rings (SSSR count). The molecule has 0 aliphatic carbocycles. The third kappa shape index (κ3) is 4.74. The molecule has 1 aliphatic heterocycles. The number of likely N-dealkylation sites (tertiary alicyclic amines) is 1. The lowest BCUT2D eigenvalue weighted by Crippen LogP contribution is -2.60. The molecule has 32 heavy (non-hydrogen) atoms. The molecule has 2 atom stereocenters. The zero-order valence-corrected chi connectivity index (χ0v) is 19.6. The lowest BCUT2D eigenvalue weighted by atomic mass is 9.66. The minimum absolute atomic E-state index is 0.158. The van der Waals surface area contributed by atoms with E-state index >= 15 is 0 Å². The van der Waals surface area contributed by atoms with Gasteiger partial charge in [-0.2, -0.15) is 4.73 Å². The van der Waals surface area contributed by atoms with Crippen molar-refractivity contribution in [1.29, 1.82) is 0 Å². The lowest BCUT2D eigenvalue weighted by molar-refractivity contribution is -0.605. The van der Waals surface area contributed by atoms with Gasteiger partial charge in [-0.05, 0) is 36.1 Å². The highest BCUT2D eigenvalue weighted by Crippen LogP contribution is 2.46. The summed E-state index contributed by atoms with van der Waals surface area (Å²) in [6.45, 7) is 8.27. The third-order valence-electron chi connectivity index (χ3n) is 6.34. The number of nitrogens with zero attached hydrogens (tertiary/aromatic N) is 2. The van der Waals surface area contributed by atoms with Gasteiger partial charge in [0.15, 0.2) is 12.4 Å². The highest BCUT2D eigenvalue weighted by atomic mass is 35.5. The number of hydrogen-bond donors (Lipinski definition) is 2. The molecule has 1 aliphatic rings. The molecule has 1 fully saturated rings. The second-order valence-electron chi connectivity index (χ2n) is 9.41. The van der Waals surface area contributed by atoms with Crippen LogP contribution in [0.4, 0.5) is 0 Å². The first kappa shape index (κ1) is 24.0. The highest BCUT2D eigenvalue weighted by molar-refractivity contribution is 6.30. The van der Waals surface area contributed by atoms with Crippen LogP contribution in [0.1, 0.15) is 50.0 Å². The van der Waals surface area contributed by atoms with Crippen molar-refractivity contribution >= 4 is 23.4 Å². The Hall–Kier alpha value is -2.64. The largest absolute Gasteiger partial charge is 0.619 e. The Kier molecular flexibility index (Phi) is 6.81. The quantitative estimate of drug-likeness (QED) is 0.530. The second kappa shape index (κ2) is 9.08. The van der Waals surface area contributed by atoms with Crippen LogP contribution >= 0.6 is 11.6 Å². The fourth-order valence-electron chi connectivity index (χ4n) is 4.29. The summed E-state index contributed by atoms with van der Waals surface area (Å²) in [5, 5.41) is 26.4. The first-order valence-corrected chi connectivity index (χ1v) is 11.1. The van der Waals surface area contributed by atoms with Crippen LogP contribution in [0, 0.1) is 16.5 Å². The molecule has 172 valence electrons. The molecule has 1 aromatic carbocycles. The number of nitrogens with one attached hydrogen (secondary N) is 1. The number of benzene rings is 1. The third-order valence-corrected chi connectivity index (χ3v) is 6.59.